The molecule has 0 spiro atoms. The first-order valence-corrected chi connectivity index (χ1v) is 14.8. The van der Waals surface area contributed by atoms with Gasteiger partial charge in [-0.05, 0) is 86.6 Å². The van der Waals surface area contributed by atoms with E-state index in [1.165, 1.54) is 18.2 Å². The van der Waals surface area contributed by atoms with Gasteiger partial charge < -0.3 is 4.90 Å². The first-order valence-electron chi connectivity index (χ1n) is 12.9. The molecule has 5 aromatic rings. The Morgan fingerprint density at radius 2 is 1.70 bits per heavy atom. The van der Waals surface area contributed by atoms with E-state index in [2.05, 4.69) is 37.6 Å². The number of sulfonamides is 1. The molecule has 0 atom stereocenters. The van der Waals surface area contributed by atoms with E-state index in [1.54, 1.807) is 18.3 Å². The van der Waals surface area contributed by atoms with Crippen molar-refractivity contribution in [1.29, 1.82) is 0 Å². The van der Waals surface area contributed by atoms with Crippen LogP contribution in [0, 0.1) is 11.6 Å². The smallest absolute Gasteiger partial charge is 0.229 e. The van der Waals surface area contributed by atoms with E-state index in [-0.39, 0.29) is 11.3 Å². The van der Waals surface area contributed by atoms with Crippen LogP contribution in [0.25, 0.3) is 39.2 Å². The van der Waals surface area contributed by atoms with Crippen molar-refractivity contribution in [3.05, 3.63) is 85.0 Å². The number of nitrogens with one attached hydrogen (secondary N) is 1. The van der Waals surface area contributed by atoms with E-state index in [1.807, 2.05) is 28.9 Å². The molecule has 1 N–H and O–H groups in total. The van der Waals surface area contributed by atoms with Gasteiger partial charge in [0.05, 0.1) is 30.4 Å². The third kappa shape index (κ3) is 5.34. The van der Waals surface area contributed by atoms with Gasteiger partial charge >= 0.3 is 0 Å². The highest BCUT2D eigenvalue weighted by atomic mass is 32.2. The first-order chi connectivity index (χ1) is 19.1. The summed E-state index contributed by atoms with van der Waals surface area (Å²) in [5, 5.41) is 4.62. The Bertz CT molecular complexity index is 1820. The second kappa shape index (κ2) is 10.1. The maximum absolute atomic E-state index is 14.7. The van der Waals surface area contributed by atoms with Crippen LogP contribution in [0.2, 0.25) is 0 Å². The van der Waals surface area contributed by atoms with E-state index in [0.717, 1.165) is 49.4 Å². The molecule has 1 saturated heterocycles. The molecule has 8 nitrogen and oxygen atoms in total. The molecule has 0 amide bonds. The highest BCUT2D eigenvalue weighted by Crippen LogP contribution is 2.34. The largest absolute Gasteiger partial charge is 0.306 e. The normalized spacial score (nSPS) is 15.1. The van der Waals surface area contributed by atoms with Crippen molar-refractivity contribution in [3.63, 3.8) is 0 Å². The standard InChI is InChI=1S/C29H28F2N6O2S/c1-35-8-6-25(7-9-35)37-18-22(16-33-37)19-5-10-36-28(17-32-29(36)14-19)21-11-20(12-24(13-21)34-40(2,38)39)26-4-3-23(30)15-27(26)31/h3-5,10-18,25,34H,6-9H2,1-2H3. The van der Waals surface area contributed by atoms with Gasteiger partial charge in [0.2, 0.25) is 10.0 Å². The number of aromatic nitrogens is 4. The summed E-state index contributed by atoms with van der Waals surface area (Å²) in [6, 6.07) is 12.5. The fourth-order valence-electron chi connectivity index (χ4n) is 5.25. The van der Waals surface area contributed by atoms with Gasteiger partial charge in [-0.1, -0.05) is 0 Å². The molecule has 0 radical (unpaired) electrons. The van der Waals surface area contributed by atoms with E-state index in [0.29, 0.717) is 28.5 Å². The summed E-state index contributed by atoms with van der Waals surface area (Å²) in [6.45, 7) is 2.11. The quantitative estimate of drug-likeness (QED) is 0.298. The van der Waals surface area contributed by atoms with E-state index < -0.39 is 21.7 Å². The Morgan fingerprint density at radius 3 is 2.45 bits per heavy atom. The predicted octanol–water partition coefficient (Wildman–Crippen LogP) is 5.45. The molecule has 2 aromatic carbocycles. The van der Waals surface area contributed by atoms with Crippen LogP contribution in [0.3, 0.4) is 0 Å². The van der Waals surface area contributed by atoms with Crippen molar-refractivity contribution in [2.75, 3.05) is 31.1 Å². The van der Waals surface area contributed by atoms with Crippen LogP contribution in [0.4, 0.5) is 14.5 Å². The number of fused-ring (bicyclic) bond motifs is 1. The van der Waals surface area contributed by atoms with Crippen molar-refractivity contribution in [2.45, 2.75) is 18.9 Å². The van der Waals surface area contributed by atoms with Crippen molar-refractivity contribution >= 4 is 21.4 Å². The number of rotatable bonds is 6. The predicted molar refractivity (Wildman–Crippen MR) is 151 cm³/mol. The first kappa shape index (κ1) is 26.1. The van der Waals surface area contributed by atoms with Gasteiger partial charge in [0.1, 0.15) is 17.3 Å². The summed E-state index contributed by atoms with van der Waals surface area (Å²) in [4.78, 5) is 6.92. The minimum Gasteiger partial charge on any atom is -0.306 e. The van der Waals surface area contributed by atoms with E-state index in [4.69, 9.17) is 0 Å². The summed E-state index contributed by atoms with van der Waals surface area (Å²) < 4.78 is 58.6. The average molecular weight is 563 g/mol. The van der Waals surface area contributed by atoms with E-state index in [9.17, 15) is 17.2 Å². The summed E-state index contributed by atoms with van der Waals surface area (Å²) in [5.74, 6) is -1.44. The zero-order valence-electron chi connectivity index (χ0n) is 22.1. The summed E-state index contributed by atoms with van der Waals surface area (Å²) in [7, 11) is -1.46. The van der Waals surface area contributed by atoms with Gasteiger partial charge in [-0.25, -0.2) is 22.2 Å². The van der Waals surface area contributed by atoms with Crippen LogP contribution in [0.15, 0.2) is 73.3 Å². The number of imidazole rings is 1. The maximum Gasteiger partial charge on any atom is 0.229 e. The molecule has 40 heavy (non-hydrogen) atoms. The number of benzene rings is 2. The molecule has 11 heteroatoms. The fourth-order valence-corrected chi connectivity index (χ4v) is 5.79. The molecule has 0 aliphatic carbocycles. The van der Waals surface area contributed by atoms with Crippen molar-refractivity contribution in [1.82, 2.24) is 24.1 Å². The van der Waals surface area contributed by atoms with Crippen LogP contribution in [0.5, 0.6) is 0 Å². The van der Waals surface area contributed by atoms with Gasteiger partial charge in [0.15, 0.2) is 0 Å². The number of halogens is 2. The second-order valence-corrected chi connectivity index (χ2v) is 12.1. The molecule has 206 valence electrons. The Balaban J connectivity index is 1.37. The minimum absolute atomic E-state index is 0.150. The van der Waals surface area contributed by atoms with Crippen LogP contribution < -0.4 is 4.72 Å². The third-order valence-corrected chi connectivity index (χ3v) is 7.89. The number of likely N-dealkylation sites (tertiary alicyclic amines) is 1. The Kier molecular flexibility index (Phi) is 6.63. The van der Waals surface area contributed by atoms with Crippen LogP contribution in [-0.2, 0) is 10.0 Å². The molecular weight excluding hydrogens is 534 g/mol. The topological polar surface area (TPSA) is 84.5 Å². The van der Waals surface area contributed by atoms with Gasteiger partial charge in [-0.3, -0.25) is 13.8 Å². The van der Waals surface area contributed by atoms with Crippen molar-refractivity contribution in [3.8, 4) is 33.5 Å². The van der Waals surface area contributed by atoms with Crippen LogP contribution >= 0.6 is 0 Å². The lowest BCUT2D eigenvalue weighted by Crippen LogP contribution is -2.31. The SMILES string of the molecule is CN1CCC(n2cc(-c3ccn4c(-c5cc(NS(C)(=O)=O)cc(-c6ccc(F)cc6F)c5)cnc4c3)cn2)CC1. The van der Waals surface area contributed by atoms with Crippen LogP contribution in [-0.4, -0.2) is 58.9 Å². The number of pyridine rings is 1. The third-order valence-electron chi connectivity index (χ3n) is 7.28. The molecule has 6 rings (SSSR count). The molecule has 0 saturated carbocycles. The molecule has 1 aliphatic rings. The minimum atomic E-state index is -3.60. The Hall–Kier alpha value is -4.09. The lowest BCUT2D eigenvalue weighted by molar-refractivity contribution is 0.212. The average Bonchev–Trinajstić information content (AvgIpc) is 3.55. The van der Waals surface area contributed by atoms with Crippen LogP contribution in [0.1, 0.15) is 18.9 Å². The molecule has 1 aliphatic heterocycles. The second-order valence-electron chi connectivity index (χ2n) is 10.3. The number of anilines is 1. The zero-order chi connectivity index (χ0) is 28.0. The van der Waals surface area contributed by atoms with Crippen molar-refractivity contribution in [2.24, 2.45) is 0 Å². The maximum atomic E-state index is 14.7. The van der Waals surface area contributed by atoms with Gasteiger partial charge in [0.25, 0.3) is 0 Å². The lowest BCUT2D eigenvalue weighted by Gasteiger charge is -2.28. The fraction of sp³-hybridized carbons (Fsp3) is 0.241. The van der Waals surface area contributed by atoms with Gasteiger partial charge in [-0.15, -0.1) is 0 Å². The molecule has 0 bridgehead atoms. The molecule has 4 heterocycles. The highest BCUT2D eigenvalue weighted by Gasteiger charge is 2.20. The highest BCUT2D eigenvalue weighted by molar-refractivity contribution is 7.92. The number of piperidine rings is 1. The molecule has 3 aromatic heterocycles. The lowest BCUT2D eigenvalue weighted by atomic mass is 10.00. The molecular formula is C29H28F2N6O2S. The van der Waals surface area contributed by atoms with Gasteiger partial charge in [-0.2, -0.15) is 5.10 Å². The van der Waals surface area contributed by atoms with E-state index >= 15 is 0 Å². The summed E-state index contributed by atoms with van der Waals surface area (Å²) in [5.41, 5.74) is 4.77. The monoisotopic (exact) mass is 562 g/mol. The van der Waals surface area contributed by atoms with Gasteiger partial charge in [0, 0.05) is 40.8 Å². The number of hydrogen-bond donors (Lipinski definition) is 1. The summed E-state index contributed by atoms with van der Waals surface area (Å²) in [6.07, 6.45) is 10.7. The Morgan fingerprint density at radius 1 is 0.925 bits per heavy atom. The zero-order valence-corrected chi connectivity index (χ0v) is 22.9. The molecule has 0 unspecified atom stereocenters. The summed E-state index contributed by atoms with van der Waals surface area (Å²) >= 11 is 0. The number of nitrogens with zero attached hydrogens (tertiary/aromatic N) is 5. The molecule has 1 fully saturated rings. The Labute approximate surface area is 230 Å². The van der Waals surface area contributed by atoms with Crippen molar-refractivity contribution < 1.29 is 17.2 Å². The number of hydrogen-bond acceptors (Lipinski definition) is 5.